The van der Waals surface area contributed by atoms with Gasteiger partial charge in [-0.1, -0.05) is 25.6 Å². The molecule has 2 saturated heterocycles. The highest BCUT2D eigenvalue weighted by molar-refractivity contribution is 8.14. The van der Waals surface area contributed by atoms with Gasteiger partial charge in [0, 0.05) is 25.4 Å². The normalized spacial score (nSPS) is 32.9. The first-order valence-electron chi connectivity index (χ1n) is 5.80. The first kappa shape index (κ1) is 11.8. The third-order valence-electron chi connectivity index (χ3n) is 3.19. The van der Waals surface area contributed by atoms with Crippen LogP contribution in [0.25, 0.3) is 0 Å². The number of thioether (sulfide) groups is 1. The minimum Gasteiger partial charge on any atom is -0.361 e. The molecule has 0 spiro atoms. The molecule has 0 aromatic heterocycles. The van der Waals surface area contributed by atoms with Gasteiger partial charge in [0.15, 0.2) is 5.17 Å². The van der Waals surface area contributed by atoms with Crippen LogP contribution in [0.2, 0.25) is 0 Å². The van der Waals surface area contributed by atoms with E-state index in [1.807, 2.05) is 7.05 Å². The molecule has 0 aliphatic carbocycles. The van der Waals surface area contributed by atoms with Gasteiger partial charge in [0.1, 0.15) is 6.04 Å². The van der Waals surface area contributed by atoms with Crippen molar-refractivity contribution >= 4 is 22.8 Å². The molecule has 0 aromatic carbocycles. The quantitative estimate of drug-likeness (QED) is 0.782. The second-order valence-corrected chi connectivity index (χ2v) is 5.81. The van der Waals surface area contributed by atoms with Crippen molar-refractivity contribution in [1.29, 1.82) is 0 Å². The Labute approximate surface area is 101 Å². The van der Waals surface area contributed by atoms with Gasteiger partial charge in [-0.25, -0.2) is 4.99 Å². The molecule has 2 fully saturated rings. The van der Waals surface area contributed by atoms with Crippen LogP contribution in [0.15, 0.2) is 4.99 Å². The summed E-state index contributed by atoms with van der Waals surface area (Å²) in [6.07, 6.45) is 0.855. The predicted molar refractivity (Wildman–Crippen MR) is 67.7 cm³/mol. The monoisotopic (exact) mass is 241 g/mol. The van der Waals surface area contributed by atoms with Crippen molar-refractivity contribution < 1.29 is 4.79 Å². The molecule has 0 saturated carbocycles. The summed E-state index contributed by atoms with van der Waals surface area (Å²) in [4.78, 5) is 18.0. The number of likely N-dealkylation sites (N-methyl/N-ethyl adjacent to an activating group) is 1. The molecule has 0 aromatic rings. The summed E-state index contributed by atoms with van der Waals surface area (Å²) in [5, 5.41) is 4.35. The van der Waals surface area contributed by atoms with Crippen LogP contribution < -0.4 is 5.32 Å². The molecule has 0 bridgehead atoms. The van der Waals surface area contributed by atoms with Crippen molar-refractivity contribution in [3.8, 4) is 0 Å². The van der Waals surface area contributed by atoms with E-state index in [9.17, 15) is 4.79 Å². The molecule has 2 atom stereocenters. The Morgan fingerprint density at radius 3 is 2.81 bits per heavy atom. The highest BCUT2D eigenvalue weighted by Gasteiger charge is 2.31. The molecule has 2 aliphatic rings. The summed E-state index contributed by atoms with van der Waals surface area (Å²) in [5.41, 5.74) is 0. The van der Waals surface area contributed by atoms with E-state index in [2.05, 4.69) is 24.2 Å². The molecule has 0 radical (unpaired) electrons. The molecule has 16 heavy (non-hydrogen) atoms. The molecule has 1 amide bonds. The van der Waals surface area contributed by atoms with Crippen molar-refractivity contribution in [3.63, 3.8) is 0 Å². The Balaban J connectivity index is 1.96. The first-order valence-corrected chi connectivity index (χ1v) is 6.78. The fraction of sp³-hybridized carbons (Fsp3) is 0.818. The lowest BCUT2D eigenvalue weighted by molar-refractivity contribution is -0.127. The van der Waals surface area contributed by atoms with Gasteiger partial charge >= 0.3 is 0 Å². The molecule has 4 nitrogen and oxygen atoms in total. The number of hydrogen-bond donors (Lipinski definition) is 1. The number of carbonyl (C=O) groups excluding carboxylic acids is 1. The molecule has 2 rings (SSSR count). The number of amides is 1. The summed E-state index contributed by atoms with van der Waals surface area (Å²) < 4.78 is 0. The van der Waals surface area contributed by atoms with Crippen LogP contribution >= 0.6 is 11.8 Å². The highest BCUT2D eigenvalue weighted by Crippen LogP contribution is 2.21. The Kier molecular flexibility index (Phi) is 3.42. The van der Waals surface area contributed by atoms with E-state index in [0.717, 1.165) is 23.9 Å². The van der Waals surface area contributed by atoms with Crippen LogP contribution in [0.5, 0.6) is 0 Å². The summed E-state index contributed by atoms with van der Waals surface area (Å²) in [6.45, 7) is 5.24. The summed E-state index contributed by atoms with van der Waals surface area (Å²) in [5.74, 6) is 1.83. The topological polar surface area (TPSA) is 44.7 Å². The smallest absolute Gasteiger partial charge is 0.247 e. The van der Waals surface area contributed by atoms with E-state index in [0.29, 0.717) is 12.0 Å². The molecule has 2 unspecified atom stereocenters. The van der Waals surface area contributed by atoms with Crippen molar-refractivity contribution in [2.45, 2.75) is 32.4 Å². The van der Waals surface area contributed by atoms with Gasteiger partial charge < -0.3 is 10.2 Å². The number of aliphatic imine (C=N–C) groups is 1. The van der Waals surface area contributed by atoms with Gasteiger partial charge in [-0.05, 0) is 12.3 Å². The van der Waals surface area contributed by atoms with Crippen molar-refractivity contribution in [2.75, 3.05) is 19.3 Å². The zero-order valence-electron chi connectivity index (χ0n) is 10.1. The highest BCUT2D eigenvalue weighted by atomic mass is 32.2. The zero-order valence-corrected chi connectivity index (χ0v) is 10.9. The van der Waals surface area contributed by atoms with E-state index in [-0.39, 0.29) is 11.9 Å². The minimum absolute atomic E-state index is 0.147. The van der Waals surface area contributed by atoms with Gasteiger partial charge in [-0.15, -0.1) is 0 Å². The molecule has 90 valence electrons. The average molecular weight is 241 g/mol. The van der Waals surface area contributed by atoms with Crippen LogP contribution in [0.1, 0.15) is 20.3 Å². The Morgan fingerprint density at radius 2 is 2.31 bits per heavy atom. The number of carbonyl (C=O) groups is 1. The van der Waals surface area contributed by atoms with E-state index in [1.165, 1.54) is 0 Å². The van der Waals surface area contributed by atoms with Crippen LogP contribution in [0.3, 0.4) is 0 Å². The minimum atomic E-state index is -0.147. The van der Waals surface area contributed by atoms with Crippen LogP contribution in [0, 0.1) is 5.92 Å². The second-order valence-electron chi connectivity index (χ2n) is 4.80. The maximum Gasteiger partial charge on any atom is 0.247 e. The number of rotatable bonds is 2. The summed E-state index contributed by atoms with van der Waals surface area (Å²) in [6, 6.07) is 0.351. The Bertz CT molecular complexity index is 316. The van der Waals surface area contributed by atoms with Gasteiger partial charge in [0.05, 0.1) is 0 Å². The van der Waals surface area contributed by atoms with E-state index in [4.69, 9.17) is 0 Å². The van der Waals surface area contributed by atoms with Gasteiger partial charge in [-0.3, -0.25) is 4.79 Å². The third-order valence-corrected chi connectivity index (χ3v) is 4.21. The number of likely N-dealkylation sites (tertiary alicyclic amines) is 1. The Hall–Kier alpha value is -0.710. The van der Waals surface area contributed by atoms with E-state index < -0.39 is 0 Å². The first-order chi connectivity index (χ1) is 7.58. The maximum atomic E-state index is 11.7. The fourth-order valence-electron chi connectivity index (χ4n) is 1.91. The predicted octanol–water partition coefficient (Wildman–Crippen LogP) is 0.934. The fourth-order valence-corrected chi connectivity index (χ4v) is 3.15. The van der Waals surface area contributed by atoms with Crippen molar-refractivity contribution in [3.05, 3.63) is 0 Å². The van der Waals surface area contributed by atoms with Crippen molar-refractivity contribution in [2.24, 2.45) is 10.9 Å². The van der Waals surface area contributed by atoms with Gasteiger partial charge in [-0.2, -0.15) is 0 Å². The number of nitrogens with one attached hydrogen (secondary N) is 1. The van der Waals surface area contributed by atoms with Crippen LogP contribution in [-0.4, -0.2) is 47.4 Å². The molecule has 5 heteroatoms. The van der Waals surface area contributed by atoms with Gasteiger partial charge in [0.25, 0.3) is 0 Å². The van der Waals surface area contributed by atoms with Gasteiger partial charge in [0.2, 0.25) is 5.91 Å². The van der Waals surface area contributed by atoms with Crippen LogP contribution in [0.4, 0.5) is 0 Å². The SMILES string of the molecule is CC(C)C1CSC(=NC2CCN(C)C2=O)N1. The lowest BCUT2D eigenvalue weighted by Gasteiger charge is -2.13. The van der Waals surface area contributed by atoms with E-state index >= 15 is 0 Å². The molecular formula is C11H19N3OS. The average Bonchev–Trinajstić information content (AvgIpc) is 2.81. The van der Waals surface area contributed by atoms with Crippen LogP contribution in [-0.2, 0) is 4.79 Å². The molecular weight excluding hydrogens is 222 g/mol. The summed E-state index contributed by atoms with van der Waals surface area (Å²) >= 11 is 1.74. The maximum absolute atomic E-state index is 11.7. The summed E-state index contributed by atoms with van der Waals surface area (Å²) in [7, 11) is 1.84. The number of nitrogens with zero attached hydrogens (tertiary/aromatic N) is 2. The molecule has 1 N–H and O–H groups in total. The lowest BCUT2D eigenvalue weighted by Crippen LogP contribution is -2.33. The lowest BCUT2D eigenvalue weighted by atomic mass is 10.1. The number of hydrogen-bond acceptors (Lipinski definition) is 3. The Morgan fingerprint density at radius 1 is 1.56 bits per heavy atom. The van der Waals surface area contributed by atoms with Crippen molar-refractivity contribution in [1.82, 2.24) is 10.2 Å². The third kappa shape index (κ3) is 2.34. The standard InChI is InChI=1S/C11H19N3OS/c1-7(2)9-6-16-11(13-9)12-8-4-5-14(3)10(8)15/h7-9H,4-6H2,1-3H3,(H,12,13). The number of amidine groups is 1. The molecule has 2 heterocycles. The largest absolute Gasteiger partial charge is 0.361 e. The van der Waals surface area contributed by atoms with E-state index in [1.54, 1.807) is 16.7 Å². The molecule has 2 aliphatic heterocycles. The zero-order chi connectivity index (χ0) is 11.7. The second kappa shape index (κ2) is 4.65.